The van der Waals surface area contributed by atoms with Crippen molar-refractivity contribution in [3.63, 3.8) is 0 Å². The molecule has 0 unspecified atom stereocenters. The van der Waals surface area contributed by atoms with Crippen LogP contribution in [0.25, 0.3) is 10.9 Å². The summed E-state index contributed by atoms with van der Waals surface area (Å²) in [7, 11) is 0. The molecule has 0 N–H and O–H groups in total. The van der Waals surface area contributed by atoms with Gasteiger partial charge in [0.05, 0.1) is 4.92 Å². The van der Waals surface area contributed by atoms with Gasteiger partial charge in [-0.15, -0.1) is 0 Å². The Labute approximate surface area is 99.0 Å². The summed E-state index contributed by atoms with van der Waals surface area (Å²) in [4.78, 5) is 10.7. The van der Waals surface area contributed by atoms with Gasteiger partial charge in [-0.25, -0.2) is 0 Å². The number of aryl methyl sites for hydroxylation is 1. The maximum absolute atomic E-state index is 11.0. The van der Waals surface area contributed by atoms with Crippen LogP contribution in [0.15, 0.2) is 30.5 Å². The van der Waals surface area contributed by atoms with Crippen molar-refractivity contribution >= 4 is 16.6 Å². The minimum absolute atomic E-state index is 0.211. The fourth-order valence-electron chi connectivity index (χ4n) is 2.30. The van der Waals surface area contributed by atoms with E-state index in [0.717, 1.165) is 29.8 Å². The van der Waals surface area contributed by atoms with Crippen molar-refractivity contribution in [2.24, 2.45) is 5.92 Å². The van der Waals surface area contributed by atoms with E-state index in [1.54, 1.807) is 12.1 Å². The zero-order chi connectivity index (χ0) is 11.8. The second-order valence-electron chi connectivity index (χ2n) is 4.71. The molecule has 17 heavy (non-hydrogen) atoms. The number of aromatic nitrogens is 1. The number of nitrogens with zero attached hydrogens (tertiary/aromatic N) is 2. The van der Waals surface area contributed by atoms with E-state index in [2.05, 4.69) is 0 Å². The molecular formula is C13H14N2O2. The van der Waals surface area contributed by atoms with E-state index in [-0.39, 0.29) is 10.6 Å². The van der Waals surface area contributed by atoms with Crippen LogP contribution in [-0.2, 0) is 6.54 Å². The Balaban J connectivity index is 2.01. The molecule has 1 aromatic heterocycles. The van der Waals surface area contributed by atoms with Crippen LogP contribution in [0.5, 0.6) is 0 Å². The van der Waals surface area contributed by atoms with Crippen molar-refractivity contribution in [2.75, 3.05) is 0 Å². The highest BCUT2D eigenvalue weighted by Crippen LogP contribution is 2.34. The fraction of sp³-hybridized carbons (Fsp3) is 0.385. The molecule has 1 aliphatic rings. The number of benzene rings is 1. The first kappa shape index (κ1) is 10.3. The average Bonchev–Trinajstić information content (AvgIpc) is 3.06. The third-order valence-electron chi connectivity index (χ3n) is 3.44. The molecule has 0 aliphatic heterocycles. The van der Waals surface area contributed by atoms with E-state index >= 15 is 0 Å². The van der Waals surface area contributed by atoms with Crippen LogP contribution in [0.1, 0.15) is 19.3 Å². The molecule has 0 bridgehead atoms. The third-order valence-corrected chi connectivity index (χ3v) is 3.44. The zero-order valence-corrected chi connectivity index (χ0v) is 9.50. The third kappa shape index (κ3) is 1.90. The number of hydrogen-bond acceptors (Lipinski definition) is 2. The van der Waals surface area contributed by atoms with Crippen molar-refractivity contribution in [3.8, 4) is 0 Å². The van der Waals surface area contributed by atoms with Crippen molar-refractivity contribution < 1.29 is 4.92 Å². The Morgan fingerprint density at radius 3 is 2.88 bits per heavy atom. The molecule has 1 heterocycles. The average molecular weight is 230 g/mol. The highest BCUT2D eigenvalue weighted by molar-refractivity contribution is 5.88. The molecule has 0 amide bonds. The van der Waals surface area contributed by atoms with Crippen LogP contribution in [0.4, 0.5) is 5.69 Å². The second kappa shape index (κ2) is 3.87. The highest BCUT2D eigenvalue weighted by Gasteiger charge is 2.22. The van der Waals surface area contributed by atoms with Gasteiger partial charge in [0, 0.05) is 24.2 Å². The standard InChI is InChI=1S/C13H14N2O2/c16-15(17)12-3-1-2-11-7-9-14(13(11)12)8-6-10-4-5-10/h1-3,7,9-10H,4-6,8H2. The Bertz CT molecular complexity index is 570. The normalized spacial score (nSPS) is 15.3. The van der Waals surface area contributed by atoms with Gasteiger partial charge in [0.1, 0.15) is 5.52 Å². The number of nitro benzene ring substituents is 1. The molecule has 0 radical (unpaired) electrons. The molecule has 4 heteroatoms. The summed E-state index contributed by atoms with van der Waals surface area (Å²) in [5.41, 5.74) is 0.974. The number of hydrogen-bond donors (Lipinski definition) is 0. The molecule has 1 fully saturated rings. The molecular weight excluding hydrogens is 216 g/mol. The summed E-state index contributed by atoms with van der Waals surface area (Å²) < 4.78 is 2.02. The summed E-state index contributed by atoms with van der Waals surface area (Å²) in [5, 5.41) is 12.0. The van der Waals surface area contributed by atoms with Gasteiger partial charge in [0.25, 0.3) is 5.69 Å². The second-order valence-corrected chi connectivity index (χ2v) is 4.71. The summed E-state index contributed by atoms with van der Waals surface area (Å²) in [6.07, 6.45) is 5.73. The van der Waals surface area contributed by atoms with Crippen molar-refractivity contribution in [3.05, 3.63) is 40.6 Å². The van der Waals surface area contributed by atoms with Gasteiger partial charge in [-0.2, -0.15) is 0 Å². The SMILES string of the molecule is O=[N+]([O-])c1cccc2ccn(CCC3CC3)c12. The van der Waals surface area contributed by atoms with Crippen LogP contribution in [0.3, 0.4) is 0 Å². The number of nitro groups is 1. The van der Waals surface area contributed by atoms with E-state index in [1.807, 2.05) is 22.9 Å². The Hall–Kier alpha value is -1.84. The van der Waals surface area contributed by atoms with Gasteiger partial charge in [0.15, 0.2) is 0 Å². The number of para-hydroxylation sites is 1. The van der Waals surface area contributed by atoms with E-state index in [4.69, 9.17) is 0 Å². The first-order valence-electron chi connectivity index (χ1n) is 5.98. The van der Waals surface area contributed by atoms with Gasteiger partial charge in [0.2, 0.25) is 0 Å². The fourth-order valence-corrected chi connectivity index (χ4v) is 2.30. The zero-order valence-electron chi connectivity index (χ0n) is 9.50. The van der Waals surface area contributed by atoms with Crippen LogP contribution in [0, 0.1) is 16.0 Å². The van der Waals surface area contributed by atoms with Crippen LogP contribution < -0.4 is 0 Å². The predicted molar refractivity (Wildman–Crippen MR) is 65.9 cm³/mol. The van der Waals surface area contributed by atoms with Crippen LogP contribution in [0.2, 0.25) is 0 Å². The number of non-ortho nitro benzene ring substituents is 1. The van der Waals surface area contributed by atoms with Crippen molar-refractivity contribution in [2.45, 2.75) is 25.8 Å². The molecule has 1 saturated carbocycles. The van der Waals surface area contributed by atoms with Crippen LogP contribution >= 0.6 is 0 Å². The van der Waals surface area contributed by atoms with Gasteiger partial charge in [-0.05, 0) is 18.4 Å². The first-order valence-corrected chi connectivity index (χ1v) is 5.98. The van der Waals surface area contributed by atoms with Gasteiger partial charge < -0.3 is 4.57 Å². The molecule has 0 atom stereocenters. The molecule has 0 spiro atoms. The Morgan fingerprint density at radius 2 is 2.18 bits per heavy atom. The molecule has 4 nitrogen and oxygen atoms in total. The van der Waals surface area contributed by atoms with Gasteiger partial charge >= 0.3 is 0 Å². The lowest BCUT2D eigenvalue weighted by molar-refractivity contribution is -0.383. The highest BCUT2D eigenvalue weighted by atomic mass is 16.6. The molecule has 1 aromatic carbocycles. The van der Waals surface area contributed by atoms with Gasteiger partial charge in [-0.1, -0.05) is 25.0 Å². The van der Waals surface area contributed by atoms with E-state index in [0.29, 0.717) is 0 Å². The topological polar surface area (TPSA) is 48.1 Å². The summed E-state index contributed by atoms with van der Waals surface area (Å²) >= 11 is 0. The molecule has 2 aromatic rings. The van der Waals surface area contributed by atoms with Crippen molar-refractivity contribution in [1.82, 2.24) is 4.57 Å². The maximum atomic E-state index is 11.0. The smallest absolute Gasteiger partial charge is 0.293 e. The monoisotopic (exact) mass is 230 g/mol. The lowest BCUT2D eigenvalue weighted by atomic mass is 10.2. The Morgan fingerprint density at radius 1 is 1.35 bits per heavy atom. The van der Waals surface area contributed by atoms with Gasteiger partial charge in [-0.3, -0.25) is 10.1 Å². The Kier molecular flexibility index (Phi) is 2.35. The van der Waals surface area contributed by atoms with E-state index < -0.39 is 0 Å². The maximum Gasteiger partial charge on any atom is 0.293 e. The largest absolute Gasteiger partial charge is 0.342 e. The summed E-state index contributed by atoms with van der Waals surface area (Å²) in [6.45, 7) is 0.888. The quantitative estimate of drug-likeness (QED) is 0.597. The number of rotatable bonds is 4. The summed E-state index contributed by atoms with van der Waals surface area (Å²) in [6, 6.07) is 7.20. The minimum atomic E-state index is -0.296. The lowest BCUT2D eigenvalue weighted by Crippen LogP contribution is -1.99. The summed E-state index contributed by atoms with van der Waals surface area (Å²) in [5.74, 6) is 0.843. The first-order chi connectivity index (χ1) is 8.25. The lowest BCUT2D eigenvalue weighted by Gasteiger charge is -2.04. The molecule has 1 aliphatic carbocycles. The molecule has 0 saturated heterocycles. The van der Waals surface area contributed by atoms with E-state index in [1.165, 1.54) is 12.8 Å². The molecule has 88 valence electrons. The molecule has 3 rings (SSSR count). The van der Waals surface area contributed by atoms with E-state index in [9.17, 15) is 10.1 Å². The van der Waals surface area contributed by atoms with Crippen LogP contribution in [-0.4, -0.2) is 9.49 Å². The van der Waals surface area contributed by atoms with Crippen molar-refractivity contribution in [1.29, 1.82) is 0 Å². The minimum Gasteiger partial charge on any atom is -0.342 e. The number of fused-ring (bicyclic) bond motifs is 1. The predicted octanol–water partition coefficient (Wildman–Crippen LogP) is 3.35.